The summed E-state index contributed by atoms with van der Waals surface area (Å²) in [7, 11) is 0. The summed E-state index contributed by atoms with van der Waals surface area (Å²) in [6.45, 7) is 1.27. The van der Waals surface area contributed by atoms with Gasteiger partial charge in [0.05, 0.1) is 5.92 Å². The molecule has 3 N–H and O–H groups in total. The molecule has 0 spiro atoms. The molecule has 3 rings (SSSR count). The second-order valence-electron chi connectivity index (χ2n) is 7.73. The molecule has 5 nitrogen and oxygen atoms in total. The third kappa shape index (κ3) is 5.25. The maximum atomic E-state index is 13.2. The lowest BCUT2D eigenvalue weighted by Crippen LogP contribution is -2.48. The van der Waals surface area contributed by atoms with Crippen LogP contribution in [0.3, 0.4) is 0 Å². The molecule has 27 heavy (non-hydrogen) atoms. The summed E-state index contributed by atoms with van der Waals surface area (Å²) in [4.78, 5) is 26.7. The van der Waals surface area contributed by atoms with Gasteiger partial charge in [-0.2, -0.15) is 0 Å². The van der Waals surface area contributed by atoms with E-state index >= 15 is 0 Å². The van der Waals surface area contributed by atoms with E-state index in [4.69, 9.17) is 5.73 Å². The fourth-order valence-corrected chi connectivity index (χ4v) is 4.16. The molecular formula is C20H27F2N3O2. The second-order valence-corrected chi connectivity index (χ2v) is 7.73. The molecule has 148 valence electrons. The molecule has 2 atom stereocenters. The van der Waals surface area contributed by atoms with Crippen molar-refractivity contribution in [2.24, 2.45) is 17.6 Å². The van der Waals surface area contributed by atoms with Crippen LogP contribution in [0, 0.1) is 23.5 Å². The zero-order valence-electron chi connectivity index (χ0n) is 15.4. The number of piperidine rings is 1. The van der Waals surface area contributed by atoms with E-state index in [9.17, 15) is 18.4 Å². The molecule has 2 aliphatic rings. The predicted molar refractivity (Wildman–Crippen MR) is 98.8 cm³/mol. The standard InChI is InChI=1S/C20H27F2N3O2/c21-14-10-15(22)12-16(11-14)24-19(26)9-13-5-7-25(8-6-13)20(27)17-3-1-2-4-18(17)23/h10-13,17-18H,1-9,23H2,(H,24,26). The number of amides is 2. The first kappa shape index (κ1) is 19.7. The molecule has 1 saturated carbocycles. The van der Waals surface area contributed by atoms with E-state index in [1.54, 1.807) is 0 Å². The van der Waals surface area contributed by atoms with E-state index in [-0.39, 0.29) is 41.8 Å². The van der Waals surface area contributed by atoms with Gasteiger partial charge in [0.2, 0.25) is 11.8 Å². The van der Waals surface area contributed by atoms with Crippen LogP contribution in [0.15, 0.2) is 18.2 Å². The van der Waals surface area contributed by atoms with Crippen LogP contribution < -0.4 is 11.1 Å². The van der Waals surface area contributed by atoms with Gasteiger partial charge in [0.15, 0.2) is 0 Å². The summed E-state index contributed by atoms with van der Waals surface area (Å²) < 4.78 is 26.4. The summed E-state index contributed by atoms with van der Waals surface area (Å²) >= 11 is 0. The highest BCUT2D eigenvalue weighted by Gasteiger charge is 2.33. The number of benzene rings is 1. The monoisotopic (exact) mass is 379 g/mol. The zero-order chi connectivity index (χ0) is 19.4. The molecule has 0 aromatic heterocycles. The van der Waals surface area contributed by atoms with Crippen LogP contribution in [0.25, 0.3) is 0 Å². The lowest BCUT2D eigenvalue weighted by molar-refractivity contribution is -0.138. The van der Waals surface area contributed by atoms with Crippen molar-refractivity contribution >= 4 is 17.5 Å². The predicted octanol–water partition coefficient (Wildman–Crippen LogP) is 3.05. The van der Waals surface area contributed by atoms with Gasteiger partial charge in [-0.15, -0.1) is 0 Å². The molecule has 2 amide bonds. The number of nitrogens with zero attached hydrogens (tertiary/aromatic N) is 1. The number of hydrogen-bond donors (Lipinski definition) is 2. The van der Waals surface area contributed by atoms with Crippen LogP contribution >= 0.6 is 0 Å². The number of anilines is 1. The van der Waals surface area contributed by atoms with Gasteiger partial charge in [0, 0.05) is 37.3 Å². The van der Waals surface area contributed by atoms with E-state index in [2.05, 4.69) is 5.32 Å². The summed E-state index contributed by atoms with van der Waals surface area (Å²) in [6.07, 6.45) is 5.71. The van der Waals surface area contributed by atoms with Crippen molar-refractivity contribution in [1.29, 1.82) is 0 Å². The van der Waals surface area contributed by atoms with Crippen molar-refractivity contribution in [3.8, 4) is 0 Å². The Labute approximate surface area is 158 Å². The first-order valence-electron chi connectivity index (χ1n) is 9.72. The molecule has 1 aromatic carbocycles. The van der Waals surface area contributed by atoms with Gasteiger partial charge in [-0.3, -0.25) is 9.59 Å². The van der Waals surface area contributed by atoms with Crippen molar-refractivity contribution in [3.63, 3.8) is 0 Å². The SMILES string of the molecule is NC1CCCCC1C(=O)N1CCC(CC(=O)Nc2cc(F)cc(F)c2)CC1. The van der Waals surface area contributed by atoms with Crippen molar-refractivity contribution < 1.29 is 18.4 Å². The molecule has 0 bridgehead atoms. The Morgan fingerprint density at radius 1 is 1.04 bits per heavy atom. The third-order valence-corrected chi connectivity index (χ3v) is 5.68. The quantitative estimate of drug-likeness (QED) is 0.844. The van der Waals surface area contributed by atoms with E-state index in [1.165, 1.54) is 0 Å². The number of rotatable bonds is 4. The Balaban J connectivity index is 1.46. The topological polar surface area (TPSA) is 75.4 Å². The average molecular weight is 379 g/mol. The Kier molecular flexibility index (Phi) is 6.42. The lowest BCUT2D eigenvalue weighted by Gasteiger charge is -2.37. The molecule has 1 aliphatic carbocycles. The summed E-state index contributed by atoms with van der Waals surface area (Å²) in [5, 5.41) is 2.55. The number of hydrogen-bond acceptors (Lipinski definition) is 3. The normalized spacial score (nSPS) is 23.9. The number of carbonyl (C=O) groups is 2. The van der Waals surface area contributed by atoms with Crippen molar-refractivity contribution in [1.82, 2.24) is 4.90 Å². The maximum Gasteiger partial charge on any atom is 0.227 e. The molecule has 1 heterocycles. The minimum Gasteiger partial charge on any atom is -0.342 e. The Morgan fingerprint density at radius 3 is 2.30 bits per heavy atom. The van der Waals surface area contributed by atoms with Gasteiger partial charge in [0.1, 0.15) is 11.6 Å². The van der Waals surface area contributed by atoms with Gasteiger partial charge >= 0.3 is 0 Å². The van der Waals surface area contributed by atoms with Crippen LogP contribution in [-0.2, 0) is 9.59 Å². The van der Waals surface area contributed by atoms with Gasteiger partial charge < -0.3 is 16.0 Å². The van der Waals surface area contributed by atoms with Gasteiger partial charge in [0.25, 0.3) is 0 Å². The van der Waals surface area contributed by atoms with E-state index in [1.807, 2.05) is 4.90 Å². The van der Waals surface area contributed by atoms with E-state index < -0.39 is 11.6 Å². The summed E-state index contributed by atoms with van der Waals surface area (Å²) in [6, 6.07) is 2.91. The number of halogens is 2. The van der Waals surface area contributed by atoms with Crippen molar-refractivity contribution in [2.45, 2.75) is 51.0 Å². The Hall–Kier alpha value is -2.02. The molecule has 1 aromatic rings. The minimum absolute atomic E-state index is 0.0404. The largest absolute Gasteiger partial charge is 0.342 e. The van der Waals surface area contributed by atoms with Crippen LogP contribution in [-0.4, -0.2) is 35.8 Å². The fraction of sp³-hybridized carbons (Fsp3) is 0.600. The number of nitrogens with two attached hydrogens (primary N) is 1. The fourth-order valence-electron chi connectivity index (χ4n) is 4.16. The van der Waals surface area contributed by atoms with Crippen LogP contribution in [0.4, 0.5) is 14.5 Å². The smallest absolute Gasteiger partial charge is 0.227 e. The molecule has 1 saturated heterocycles. The molecule has 2 fully saturated rings. The lowest BCUT2D eigenvalue weighted by atomic mass is 9.83. The van der Waals surface area contributed by atoms with Crippen LogP contribution in [0.2, 0.25) is 0 Å². The molecule has 7 heteroatoms. The molecule has 1 aliphatic heterocycles. The number of carbonyl (C=O) groups excluding carboxylic acids is 2. The van der Waals surface area contributed by atoms with Crippen LogP contribution in [0.1, 0.15) is 44.9 Å². The van der Waals surface area contributed by atoms with Gasteiger partial charge in [-0.05, 0) is 43.7 Å². The minimum atomic E-state index is -0.724. The van der Waals surface area contributed by atoms with Crippen LogP contribution in [0.5, 0.6) is 0 Å². The number of likely N-dealkylation sites (tertiary alicyclic amines) is 1. The summed E-state index contributed by atoms with van der Waals surface area (Å²) in [5.74, 6) is -1.47. The molecule has 0 radical (unpaired) electrons. The molecule has 2 unspecified atom stereocenters. The van der Waals surface area contributed by atoms with Gasteiger partial charge in [-0.1, -0.05) is 12.8 Å². The Bertz CT molecular complexity index is 670. The third-order valence-electron chi connectivity index (χ3n) is 5.68. The van der Waals surface area contributed by atoms with Crippen molar-refractivity contribution in [3.05, 3.63) is 29.8 Å². The highest BCUT2D eigenvalue weighted by molar-refractivity contribution is 5.90. The Morgan fingerprint density at radius 2 is 1.67 bits per heavy atom. The van der Waals surface area contributed by atoms with Crippen molar-refractivity contribution in [2.75, 3.05) is 18.4 Å². The second kappa shape index (κ2) is 8.78. The average Bonchev–Trinajstić information content (AvgIpc) is 2.61. The number of nitrogens with one attached hydrogen (secondary N) is 1. The summed E-state index contributed by atoms with van der Waals surface area (Å²) in [5.41, 5.74) is 6.24. The first-order valence-corrected chi connectivity index (χ1v) is 9.72. The highest BCUT2D eigenvalue weighted by Crippen LogP contribution is 2.28. The highest BCUT2D eigenvalue weighted by atomic mass is 19.1. The zero-order valence-corrected chi connectivity index (χ0v) is 15.4. The first-order chi connectivity index (χ1) is 12.9. The molecular weight excluding hydrogens is 352 g/mol. The van der Waals surface area contributed by atoms with E-state index in [0.717, 1.165) is 56.7 Å². The van der Waals surface area contributed by atoms with E-state index in [0.29, 0.717) is 13.1 Å². The maximum absolute atomic E-state index is 13.2. The van der Waals surface area contributed by atoms with Gasteiger partial charge in [-0.25, -0.2) is 8.78 Å².